The number of aromatic nitrogens is 3. The van der Waals surface area contributed by atoms with Crippen LogP contribution in [0.15, 0.2) is 16.8 Å². The molecule has 2 aromatic rings. The Morgan fingerprint density at radius 3 is 2.83 bits per heavy atom. The molecule has 1 amide bonds. The molecule has 0 aliphatic heterocycles. The molecule has 0 fully saturated rings. The van der Waals surface area contributed by atoms with Crippen molar-refractivity contribution >= 4 is 23.5 Å². The highest BCUT2D eigenvalue weighted by molar-refractivity contribution is 7.99. The minimum Gasteiger partial charge on any atom is -0.340 e. The summed E-state index contributed by atoms with van der Waals surface area (Å²) in [5, 5.41) is 15.7. The van der Waals surface area contributed by atoms with Crippen molar-refractivity contribution in [3.05, 3.63) is 29.5 Å². The zero-order valence-electron chi connectivity index (χ0n) is 13.6. The Morgan fingerprint density at radius 2 is 2.26 bits per heavy atom. The van der Waals surface area contributed by atoms with Crippen LogP contribution in [0.3, 0.4) is 0 Å². The molecule has 0 aliphatic carbocycles. The first kappa shape index (κ1) is 17.1. The zero-order valence-corrected chi connectivity index (χ0v) is 14.4. The van der Waals surface area contributed by atoms with Gasteiger partial charge in [-0.15, -0.1) is 11.8 Å². The summed E-state index contributed by atoms with van der Waals surface area (Å²) in [7, 11) is 0. The summed E-state index contributed by atoms with van der Waals surface area (Å²) in [5.74, 6) is 2.35. The minimum atomic E-state index is -0.229. The summed E-state index contributed by atoms with van der Waals surface area (Å²) in [5.41, 5.74) is 0.290. The van der Waals surface area contributed by atoms with Gasteiger partial charge in [-0.05, 0) is 26.8 Å². The van der Waals surface area contributed by atoms with Crippen molar-refractivity contribution in [2.24, 2.45) is 0 Å². The third-order valence-electron chi connectivity index (χ3n) is 2.97. The lowest BCUT2D eigenvalue weighted by atomic mass is 10.1. The van der Waals surface area contributed by atoms with Gasteiger partial charge in [0.25, 0.3) is 0 Å². The molecule has 8 heteroatoms. The van der Waals surface area contributed by atoms with Crippen LogP contribution >= 0.6 is 11.8 Å². The van der Waals surface area contributed by atoms with Crippen molar-refractivity contribution in [1.29, 1.82) is 5.26 Å². The number of carbonyl (C=O) groups excluding carboxylic acids is 1. The molecule has 0 aromatic carbocycles. The van der Waals surface area contributed by atoms with E-state index in [0.29, 0.717) is 28.8 Å². The lowest BCUT2D eigenvalue weighted by molar-refractivity contribution is -0.113. The number of hydrogen-bond donors (Lipinski definition) is 1. The number of rotatable bonds is 5. The Labute approximate surface area is 139 Å². The van der Waals surface area contributed by atoms with Crippen LogP contribution in [0.1, 0.15) is 38.0 Å². The van der Waals surface area contributed by atoms with Gasteiger partial charge in [0, 0.05) is 18.7 Å². The molecule has 2 heterocycles. The molecule has 2 aromatic heterocycles. The fraction of sp³-hybridized carbons (Fsp3) is 0.467. The van der Waals surface area contributed by atoms with Gasteiger partial charge in [-0.25, -0.2) is 0 Å². The second-order valence-electron chi connectivity index (χ2n) is 6.04. The van der Waals surface area contributed by atoms with E-state index in [9.17, 15) is 4.79 Å². The maximum atomic E-state index is 12.1. The number of nitrogens with zero attached hydrogens (tertiary/aromatic N) is 4. The third-order valence-corrected chi connectivity index (χ3v) is 3.90. The average molecular weight is 333 g/mol. The molecule has 2 rings (SSSR count). The van der Waals surface area contributed by atoms with Crippen LogP contribution in [0.2, 0.25) is 0 Å². The molecular formula is C15H19N5O2S. The maximum absolute atomic E-state index is 12.1. The molecule has 23 heavy (non-hydrogen) atoms. The van der Waals surface area contributed by atoms with Crippen LogP contribution in [0.5, 0.6) is 0 Å². The summed E-state index contributed by atoms with van der Waals surface area (Å²) in [6, 6.07) is 3.77. The van der Waals surface area contributed by atoms with E-state index >= 15 is 0 Å². The smallest absolute Gasteiger partial charge is 0.235 e. The Kier molecular flexibility index (Phi) is 5.11. The monoisotopic (exact) mass is 333 g/mol. The van der Waals surface area contributed by atoms with E-state index in [1.165, 1.54) is 11.8 Å². The molecule has 0 saturated heterocycles. The van der Waals surface area contributed by atoms with Gasteiger partial charge in [0.1, 0.15) is 11.9 Å². The first-order valence-electron chi connectivity index (χ1n) is 7.09. The van der Waals surface area contributed by atoms with E-state index in [0.717, 1.165) is 0 Å². The standard InChI is InChI=1S/C15H19N5O2S/c1-10-17-12(19-22-10)8-23-9-14(21)18-13-5-11(6-16)7-20(13)15(2,3)4/h5,7H,8-9H2,1-4H3,(H,18,21). The first-order chi connectivity index (χ1) is 10.8. The van der Waals surface area contributed by atoms with E-state index in [2.05, 4.69) is 21.5 Å². The number of nitriles is 1. The summed E-state index contributed by atoms with van der Waals surface area (Å²) in [6.45, 7) is 7.76. The highest BCUT2D eigenvalue weighted by Gasteiger charge is 2.19. The quantitative estimate of drug-likeness (QED) is 0.903. The van der Waals surface area contributed by atoms with Crippen molar-refractivity contribution in [2.45, 2.75) is 39.0 Å². The number of nitrogens with one attached hydrogen (secondary N) is 1. The zero-order chi connectivity index (χ0) is 17.0. The highest BCUT2D eigenvalue weighted by atomic mass is 32.2. The maximum Gasteiger partial charge on any atom is 0.235 e. The Hall–Kier alpha value is -2.27. The number of carbonyl (C=O) groups is 1. The molecule has 0 atom stereocenters. The second-order valence-corrected chi connectivity index (χ2v) is 7.02. The van der Waals surface area contributed by atoms with Crippen LogP contribution in [0.25, 0.3) is 0 Å². The lowest BCUT2D eigenvalue weighted by Crippen LogP contribution is -2.25. The van der Waals surface area contributed by atoms with Crippen molar-refractivity contribution in [1.82, 2.24) is 14.7 Å². The minimum absolute atomic E-state index is 0.136. The Morgan fingerprint density at radius 1 is 1.52 bits per heavy atom. The van der Waals surface area contributed by atoms with Gasteiger partial charge in [-0.3, -0.25) is 4.79 Å². The molecular weight excluding hydrogens is 314 g/mol. The van der Waals surface area contributed by atoms with Crippen molar-refractivity contribution in [3.63, 3.8) is 0 Å². The van der Waals surface area contributed by atoms with Crippen LogP contribution < -0.4 is 5.32 Å². The van der Waals surface area contributed by atoms with Crippen molar-refractivity contribution in [2.75, 3.05) is 11.1 Å². The SMILES string of the molecule is Cc1nc(CSCC(=O)Nc2cc(C#N)cn2C(C)(C)C)no1. The second kappa shape index (κ2) is 6.87. The lowest BCUT2D eigenvalue weighted by Gasteiger charge is -2.24. The van der Waals surface area contributed by atoms with Crippen LogP contribution in [0, 0.1) is 18.3 Å². The van der Waals surface area contributed by atoms with Crippen molar-refractivity contribution < 1.29 is 9.32 Å². The first-order valence-corrected chi connectivity index (χ1v) is 8.25. The van der Waals surface area contributed by atoms with Gasteiger partial charge in [-0.1, -0.05) is 5.16 Å². The van der Waals surface area contributed by atoms with Crippen LogP contribution in [-0.2, 0) is 16.1 Å². The van der Waals surface area contributed by atoms with E-state index in [-0.39, 0.29) is 17.2 Å². The predicted molar refractivity (Wildman–Crippen MR) is 88.0 cm³/mol. The average Bonchev–Trinajstić information content (AvgIpc) is 3.04. The van der Waals surface area contributed by atoms with Crippen LogP contribution in [-0.4, -0.2) is 26.4 Å². The fourth-order valence-electron chi connectivity index (χ4n) is 1.99. The normalized spacial score (nSPS) is 11.3. The van der Waals surface area contributed by atoms with Crippen LogP contribution in [0.4, 0.5) is 5.82 Å². The molecule has 7 nitrogen and oxygen atoms in total. The molecule has 0 unspecified atom stereocenters. The summed E-state index contributed by atoms with van der Waals surface area (Å²) >= 11 is 1.40. The van der Waals surface area contributed by atoms with E-state index < -0.39 is 0 Å². The van der Waals surface area contributed by atoms with E-state index in [4.69, 9.17) is 9.78 Å². The van der Waals surface area contributed by atoms with Crippen molar-refractivity contribution in [3.8, 4) is 6.07 Å². The topological polar surface area (TPSA) is 96.7 Å². The number of thioether (sulfide) groups is 1. The number of aryl methyl sites for hydroxylation is 1. The molecule has 0 radical (unpaired) electrons. The third kappa shape index (κ3) is 4.60. The predicted octanol–water partition coefficient (Wildman–Crippen LogP) is 2.68. The number of hydrogen-bond acceptors (Lipinski definition) is 6. The summed E-state index contributed by atoms with van der Waals surface area (Å²) < 4.78 is 6.76. The van der Waals surface area contributed by atoms with Gasteiger partial charge in [0.2, 0.25) is 11.8 Å². The highest BCUT2D eigenvalue weighted by Crippen LogP contribution is 2.24. The summed E-state index contributed by atoms with van der Waals surface area (Å²) in [4.78, 5) is 16.2. The van der Waals surface area contributed by atoms with E-state index in [1.807, 2.05) is 25.3 Å². The summed E-state index contributed by atoms with van der Waals surface area (Å²) in [6.07, 6.45) is 1.74. The molecule has 0 aliphatic rings. The van der Waals surface area contributed by atoms with Gasteiger partial charge < -0.3 is 14.4 Å². The molecule has 122 valence electrons. The molecule has 0 saturated carbocycles. The van der Waals surface area contributed by atoms with Gasteiger partial charge in [-0.2, -0.15) is 10.2 Å². The van der Waals surface area contributed by atoms with Gasteiger partial charge >= 0.3 is 0 Å². The largest absolute Gasteiger partial charge is 0.340 e. The van der Waals surface area contributed by atoms with E-state index in [1.54, 1.807) is 19.2 Å². The van der Waals surface area contributed by atoms with Gasteiger partial charge in [0.05, 0.1) is 17.1 Å². The number of amides is 1. The molecule has 0 bridgehead atoms. The Bertz CT molecular complexity index is 736. The van der Waals surface area contributed by atoms with Gasteiger partial charge in [0.15, 0.2) is 5.82 Å². The molecule has 0 spiro atoms. The fourth-order valence-corrected chi connectivity index (χ4v) is 2.65. The Balaban J connectivity index is 1.95. The number of anilines is 1. The molecule has 1 N–H and O–H groups in total.